The van der Waals surface area contributed by atoms with E-state index < -0.39 is 9.84 Å². The van der Waals surface area contributed by atoms with Crippen molar-refractivity contribution in [3.05, 3.63) is 101 Å². The van der Waals surface area contributed by atoms with Gasteiger partial charge in [-0.1, -0.05) is 23.7 Å². The maximum atomic E-state index is 13.4. The predicted octanol–water partition coefficient (Wildman–Crippen LogP) is 6.23. The zero-order valence-corrected chi connectivity index (χ0v) is 19.1. The van der Waals surface area contributed by atoms with Crippen molar-refractivity contribution >= 4 is 21.4 Å². The molecule has 164 valence electrons. The lowest BCUT2D eigenvalue weighted by Gasteiger charge is -2.10. The molecule has 0 atom stereocenters. The van der Waals surface area contributed by atoms with E-state index in [1.54, 1.807) is 60.7 Å². The molecule has 0 N–H and O–H groups in total. The molecule has 0 bridgehead atoms. The van der Waals surface area contributed by atoms with Gasteiger partial charge in [-0.2, -0.15) is 0 Å². The van der Waals surface area contributed by atoms with E-state index in [1.165, 1.54) is 18.4 Å². The molecule has 1 aromatic heterocycles. The molecule has 3 aromatic carbocycles. The van der Waals surface area contributed by atoms with Crippen LogP contribution in [0.4, 0.5) is 4.39 Å². The molecule has 0 amide bonds. The first-order chi connectivity index (χ1) is 15.2. The average molecular weight is 470 g/mol. The molecule has 4 rings (SSSR count). The topological polar surface area (TPSA) is 48.3 Å². The van der Waals surface area contributed by atoms with Crippen LogP contribution in [0.25, 0.3) is 16.8 Å². The summed E-state index contributed by atoms with van der Waals surface area (Å²) in [5.74, 6) is 0.378. The molecule has 0 saturated heterocycles. The number of hydrogen-bond donors (Lipinski definition) is 0. The second-order valence-electron chi connectivity index (χ2n) is 7.49. The SMILES string of the molecule is Cc1c(COc2ccc(Cl)cc2)c(-c2ccc(S(C)(=O)=O)cc2)cn1-c1ccc(F)cc1. The third-order valence-corrected chi connectivity index (χ3v) is 6.66. The van der Waals surface area contributed by atoms with Gasteiger partial charge in [-0.25, -0.2) is 12.8 Å². The van der Waals surface area contributed by atoms with E-state index in [1.807, 2.05) is 17.7 Å². The molecule has 7 heteroatoms. The molecule has 4 nitrogen and oxygen atoms in total. The lowest BCUT2D eigenvalue weighted by Crippen LogP contribution is -2.01. The fraction of sp³-hybridized carbons (Fsp3) is 0.120. The molecule has 0 radical (unpaired) electrons. The summed E-state index contributed by atoms with van der Waals surface area (Å²) in [5.41, 5.74) is 4.46. The number of halogens is 2. The first-order valence-corrected chi connectivity index (χ1v) is 12.1. The van der Waals surface area contributed by atoms with Crippen LogP contribution in [0.3, 0.4) is 0 Å². The lowest BCUT2D eigenvalue weighted by atomic mass is 10.0. The van der Waals surface area contributed by atoms with E-state index >= 15 is 0 Å². The summed E-state index contributed by atoms with van der Waals surface area (Å²) in [5, 5.41) is 0.627. The maximum absolute atomic E-state index is 13.4. The van der Waals surface area contributed by atoms with E-state index in [4.69, 9.17) is 16.3 Å². The van der Waals surface area contributed by atoms with E-state index in [0.29, 0.717) is 17.4 Å². The van der Waals surface area contributed by atoms with Crippen molar-refractivity contribution in [1.29, 1.82) is 0 Å². The van der Waals surface area contributed by atoms with Crippen LogP contribution in [0, 0.1) is 12.7 Å². The molecule has 0 aliphatic heterocycles. The van der Waals surface area contributed by atoms with Crippen molar-refractivity contribution in [2.75, 3.05) is 6.26 Å². The van der Waals surface area contributed by atoms with Crippen LogP contribution in [-0.2, 0) is 16.4 Å². The number of sulfone groups is 1. The summed E-state index contributed by atoms with van der Waals surface area (Å²) in [6, 6.07) is 20.1. The van der Waals surface area contributed by atoms with E-state index in [9.17, 15) is 12.8 Å². The van der Waals surface area contributed by atoms with Crippen LogP contribution >= 0.6 is 11.6 Å². The third kappa shape index (κ3) is 4.71. The largest absolute Gasteiger partial charge is 0.489 e. The van der Waals surface area contributed by atoms with Gasteiger partial charge in [0.1, 0.15) is 18.2 Å². The monoisotopic (exact) mass is 469 g/mol. The fourth-order valence-corrected chi connectivity index (χ4v) is 4.27. The summed E-state index contributed by atoms with van der Waals surface area (Å²) in [6.45, 7) is 2.27. The van der Waals surface area contributed by atoms with Crippen LogP contribution < -0.4 is 4.74 Å². The van der Waals surface area contributed by atoms with Gasteiger partial charge in [-0.05, 0) is 73.2 Å². The van der Waals surface area contributed by atoms with Crippen LogP contribution in [0.5, 0.6) is 5.75 Å². The summed E-state index contributed by atoms with van der Waals surface area (Å²) >= 11 is 5.96. The summed E-state index contributed by atoms with van der Waals surface area (Å²) in [7, 11) is -3.29. The zero-order chi connectivity index (χ0) is 22.9. The fourth-order valence-electron chi connectivity index (χ4n) is 3.51. The van der Waals surface area contributed by atoms with Gasteiger partial charge >= 0.3 is 0 Å². The Kier molecular flexibility index (Phi) is 6.09. The van der Waals surface area contributed by atoms with Gasteiger partial charge in [-0.3, -0.25) is 0 Å². The third-order valence-electron chi connectivity index (χ3n) is 5.28. The summed E-state index contributed by atoms with van der Waals surface area (Å²) in [6.07, 6.45) is 3.14. The Bertz CT molecular complexity index is 1340. The minimum Gasteiger partial charge on any atom is -0.489 e. The minimum atomic E-state index is -3.29. The van der Waals surface area contributed by atoms with Crippen LogP contribution in [0.15, 0.2) is 83.9 Å². The van der Waals surface area contributed by atoms with Crippen molar-refractivity contribution < 1.29 is 17.5 Å². The van der Waals surface area contributed by atoms with Crippen LogP contribution in [0.1, 0.15) is 11.3 Å². The van der Waals surface area contributed by atoms with Crippen molar-refractivity contribution in [1.82, 2.24) is 4.57 Å². The molecule has 0 fully saturated rings. The number of aromatic nitrogens is 1. The Balaban J connectivity index is 1.76. The van der Waals surface area contributed by atoms with Crippen molar-refractivity contribution in [3.8, 4) is 22.6 Å². The van der Waals surface area contributed by atoms with Crippen molar-refractivity contribution in [2.45, 2.75) is 18.4 Å². The summed E-state index contributed by atoms with van der Waals surface area (Å²) < 4.78 is 45.1. The standard InChI is InChI=1S/C25H21ClFNO3S/c1-17-25(16-31-22-11-5-19(26)6-12-22)24(15-28(17)21-9-7-20(27)8-10-21)18-3-13-23(14-4-18)32(2,29)30/h3-15H,16H2,1-2H3. The van der Waals surface area contributed by atoms with Crippen LogP contribution in [0.2, 0.25) is 5.02 Å². The van der Waals surface area contributed by atoms with Gasteiger partial charge in [0.25, 0.3) is 0 Å². The van der Waals surface area contributed by atoms with Crippen molar-refractivity contribution in [2.24, 2.45) is 0 Å². The Morgan fingerprint density at radius 2 is 1.56 bits per heavy atom. The Labute approximate surface area is 191 Å². The van der Waals surface area contributed by atoms with Gasteiger partial charge in [0.15, 0.2) is 9.84 Å². The highest BCUT2D eigenvalue weighted by Gasteiger charge is 2.17. The number of ether oxygens (including phenoxy) is 1. The molecule has 0 aliphatic carbocycles. The first kappa shape index (κ1) is 22.1. The smallest absolute Gasteiger partial charge is 0.175 e. The second-order valence-corrected chi connectivity index (χ2v) is 9.94. The Morgan fingerprint density at radius 1 is 0.938 bits per heavy atom. The molecule has 0 spiro atoms. The molecule has 0 aliphatic rings. The minimum absolute atomic E-state index is 0.259. The zero-order valence-electron chi connectivity index (χ0n) is 17.5. The second kappa shape index (κ2) is 8.81. The highest BCUT2D eigenvalue weighted by Crippen LogP contribution is 2.32. The normalized spacial score (nSPS) is 11.5. The van der Waals surface area contributed by atoms with Crippen LogP contribution in [-0.4, -0.2) is 19.2 Å². The van der Waals surface area contributed by atoms with Gasteiger partial charge in [0.05, 0.1) is 4.90 Å². The number of nitrogens with zero attached hydrogens (tertiary/aromatic N) is 1. The van der Waals surface area contributed by atoms with E-state index in [-0.39, 0.29) is 10.7 Å². The Morgan fingerprint density at radius 3 is 2.16 bits per heavy atom. The maximum Gasteiger partial charge on any atom is 0.175 e. The highest BCUT2D eigenvalue weighted by molar-refractivity contribution is 7.90. The van der Waals surface area contributed by atoms with Gasteiger partial charge < -0.3 is 9.30 Å². The Hall–Kier alpha value is -3.09. The molecule has 32 heavy (non-hydrogen) atoms. The molecular formula is C25H21ClFNO3S. The van der Waals surface area contributed by atoms with E-state index in [2.05, 4.69) is 0 Å². The number of rotatable bonds is 6. The first-order valence-electron chi connectivity index (χ1n) is 9.88. The lowest BCUT2D eigenvalue weighted by molar-refractivity contribution is 0.306. The molecule has 0 saturated carbocycles. The number of benzene rings is 3. The quantitative estimate of drug-likeness (QED) is 0.336. The predicted molar refractivity (Wildman–Crippen MR) is 125 cm³/mol. The molecule has 4 aromatic rings. The number of hydrogen-bond acceptors (Lipinski definition) is 3. The highest BCUT2D eigenvalue weighted by atomic mass is 35.5. The molecular weight excluding hydrogens is 449 g/mol. The molecule has 1 heterocycles. The van der Waals surface area contributed by atoms with E-state index in [0.717, 1.165) is 28.1 Å². The molecule has 0 unspecified atom stereocenters. The van der Waals surface area contributed by atoms with Crippen molar-refractivity contribution in [3.63, 3.8) is 0 Å². The van der Waals surface area contributed by atoms with Gasteiger partial charge in [-0.15, -0.1) is 0 Å². The average Bonchev–Trinajstić information content (AvgIpc) is 3.09. The van der Waals surface area contributed by atoms with Gasteiger partial charge in [0, 0.05) is 40.0 Å². The summed E-state index contributed by atoms with van der Waals surface area (Å²) in [4.78, 5) is 0.259. The van der Waals surface area contributed by atoms with Gasteiger partial charge in [0.2, 0.25) is 0 Å².